The number of rotatable bonds is 4. The lowest BCUT2D eigenvalue weighted by Gasteiger charge is -2.14. The van der Waals surface area contributed by atoms with Gasteiger partial charge in [-0.3, -0.25) is 4.79 Å². The summed E-state index contributed by atoms with van der Waals surface area (Å²) in [6.07, 6.45) is 1.78. The van der Waals surface area contributed by atoms with E-state index in [4.69, 9.17) is 4.42 Å². The fraction of sp³-hybridized carbons (Fsp3) is 0.500. The highest BCUT2D eigenvalue weighted by Gasteiger charge is 2.24. The number of furan rings is 1. The Labute approximate surface area is 119 Å². The van der Waals surface area contributed by atoms with Gasteiger partial charge in [0.2, 0.25) is 5.91 Å². The second-order valence-corrected chi connectivity index (χ2v) is 7.21. The van der Waals surface area contributed by atoms with Crippen LogP contribution in [0.4, 0.5) is 0 Å². The van der Waals surface area contributed by atoms with Gasteiger partial charge in [-0.15, -0.1) is 0 Å². The lowest BCUT2D eigenvalue weighted by molar-refractivity contribution is -0.122. The van der Waals surface area contributed by atoms with Crippen molar-refractivity contribution in [3.8, 4) is 0 Å². The number of allylic oxidation sites excluding steroid dienone is 1. The minimum atomic E-state index is -3.10. The fourth-order valence-electron chi connectivity index (χ4n) is 2.46. The summed E-state index contributed by atoms with van der Waals surface area (Å²) in [5.74, 6) is 1.25. The van der Waals surface area contributed by atoms with Crippen LogP contribution in [-0.4, -0.2) is 20.1 Å². The summed E-state index contributed by atoms with van der Waals surface area (Å²) in [6, 6.07) is 1.75. The van der Waals surface area contributed by atoms with E-state index in [0.29, 0.717) is 0 Å². The summed E-state index contributed by atoms with van der Waals surface area (Å²) in [6.45, 7) is 5.60. The van der Waals surface area contributed by atoms with E-state index < -0.39 is 9.84 Å². The Hall–Kier alpha value is -1.56. The van der Waals surface area contributed by atoms with E-state index in [1.165, 1.54) is 5.41 Å². The Morgan fingerprint density at radius 3 is 2.70 bits per heavy atom. The molecule has 5 nitrogen and oxygen atoms in total. The van der Waals surface area contributed by atoms with Crippen molar-refractivity contribution in [1.82, 2.24) is 5.32 Å². The molecule has 110 valence electrons. The van der Waals surface area contributed by atoms with Gasteiger partial charge >= 0.3 is 0 Å². The number of nitrogens with one attached hydrogen (secondary N) is 1. The van der Waals surface area contributed by atoms with E-state index >= 15 is 0 Å². The fourth-order valence-corrected chi connectivity index (χ4v) is 3.86. The molecule has 1 aromatic rings. The SMILES string of the molecule is Cc1cc([C@@H](C)NC(=O)C[C@@H]2C=CS(=O)(=O)C2)c(C)o1. The maximum atomic E-state index is 11.9. The summed E-state index contributed by atoms with van der Waals surface area (Å²) >= 11 is 0. The number of carbonyl (C=O) groups is 1. The molecule has 0 saturated carbocycles. The zero-order chi connectivity index (χ0) is 14.9. The molecule has 0 fully saturated rings. The van der Waals surface area contributed by atoms with Crippen LogP contribution in [0.2, 0.25) is 0 Å². The van der Waals surface area contributed by atoms with Gasteiger partial charge in [0.25, 0.3) is 0 Å². The largest absolute Gasteiger partial charge is 0.466 e. The van der Waals surface area contributed by atoms with Crippen molar-refractivity contribution in [2.24, 2.45) is 5.92 Å². The average molecular weight is 297 g/mol. The molecule has 1 aliphatic rings. The lowest BCUT2D eigenvalue weighted by Crippen LogP contribution is -2.28. The van der Waals surface area contributed by atoms with Gasteiger partial charge in [-0.25, -0.2) is 8.42 Å². The molecule has 0 aliphatic carbocycles. The van der Waals surface area contributed by atoms with E-state index in [1.54, 1.807) is 6.08 Å². The third-order valence-corrected chi connectivity index (χ3v) is 4.84. The number of carbonyl (C=O) groups excluding carboxylic acids is 1. The normalized spacial score (nSPS) is 21.9. The van der Waals surface area contributed by atoms with Crippen LogP contribution >= 0.6 is 0 Å². The molecule has 2 heterocycles. The smallest absolute Gasteiger partial charge is 0.221 e. The topological polar surface area (TPSA) is 76.4 Å². The van der Waals surface area contributed by atoms with E-state index in [9.17, 15) is 13.2 Å². The molecule has 0 saturated heterocycles. The minimum absolute atomic E-state index is 0.0264. The number of aryl methyl sites for hydroxylation is 2. The van der Waals surface area contributed by atoms with Crippen molar-refractivity contribution in [3.63, 3.8) is 0 Å². The van der Waals surface area contributed by atoms with Gasteiger partial charge < -0.3 is 9.73 Å². The van der Waals surface area contributed by atoms with Gasteiger partial charge in [-0.1, -0.05) is 6.08 Å². The van der Waals surface area contributed by atoms with E-state index in [-0.39, 0.29) is 30.0 Å². The number of hydrogen-bond donors (Lipinski definition) is 1. The van der Waals surface area contributed by atoms with Crippen LogP contribution in [0.5, 0.6) is 0 Å². The first-order valence-corrected chi connectivity index (χ1v) is 8.25. The molecule has 20 heavy (non-hydrogen) atoms. The average Bonchev–Trinajstić information content (AvgIpc) is 2.81. The van der Waals surface area contributed by atoms with Gasteiger partial charge in [0.1, 0.15) is 11.5 Å². The maximum absolute atomic E-state index is 11.9. The first-order valence-electron chi connectivity index (χ1n) is 6.54. The summed E-state index contributed by atoms with van der Waals surface area (Å²) in [5, 5.41) is 4.07. The van der Waals surface area contributed by atoms with Crippen LogP contribution < -0.4 is 5.32 Å². The molecule has 0 aromatic carbocycles. The van der Waals surface area contributed by atoms with Crippen LogP contribution in [0.15, 0.2) is 22.0 Å². The Morgan fingerprint density at radius 2 is 2.20 bits per heavy atom. The summed E-state index contributed by atoms with van der Waals surface area (Å²) in [7, 11) is -3.10. The molecular weight excluding hydrogens is 278 g/mol. The Kier molecular flexibility index (Phi) is 4.04. The van der Waals surface area contributed by atoms with Crippen LogP contribution in [-0.2, 0) is 14.6 Å². The van der Waals surface area contributed by atoms with E-state index in [2.05, 4.69) is 5.32 Å². The number of amides is 1. The van der Waals surface area contributed by atoms with Crippen LogP contribution in [0.3, 0.4) is 0 Å². The Bertz CT molecular complexity index is 642. The minimum Gasteiger partial charge on any atom is -0.466 e. The predicted octanol–water partition coefficient (Wildman–Crippen LogP) is 2.02. The standard InChI is InChI=1S/C14H19NO4S/c1-9-6-13(11(3)19-9)10(2)15-14(16)7-12-4-5-20(17,18)8-12/h4-6,10,12H,7-8H2,1-3H3,(H,15,16)/t10-,12+/m1/s1. The highest BCUT2D eigenvalue weighted by atomic mass is 32.2. The monoisotopic (exact) mass is 297 g/mol. The first-order chi connectivity index (χ1) is 9.27. The van der Waals surface area contributed by atoms with Gasteiger partial charge in [0.15, 0.2) is 9.84 Å². The Morgan fingerprint density at radius 1 is 1.50 bits per heavy atom. The summed E-state index contributed by atoms with van der Waals surface area (Å²) in [5.41, 5.74) is 0.949. The molecule has 1 aliphatic heterocycles. The molecule has 1 N–H and O–H groups in total. The van der Waals surface area contributed by atoms with Gasteiger partial charge in [-0.2, -0.15) is 0 Å². The molecule has 0 radical (unpaired) electrons. The highest BCUT2D eigenvalue weighted by molar-refractivity contribution is 7.94. The molecule has 0 spiro atoms. The first kappa shape index (κ1) is 14.8. The van der Waals surface area contributed by atoms with Crippen LogP contribution in [0.25, 0.3) is 0 Å². The van der Waals surface area contributed by atoms with Crippen molar-refractivity contribution < 1.29 is 17.6 Å². The van der Waals surface area contributed by atoms with Crippen molar-refractivity contribution in [1.29, 1.82) is 0 Å². The summed E-state index contributed by atoms with van der Waals surface area (Å²) in [4.78, 5) is 11.9. The van der Waals surface area contributed by atoms with Crippen LogP contribution in [0, 0.1) is 19.8 Å². The second kappa shape index (κ2) is 5.44. The maximum Gasteiger partial charge on any atom is 0.221 e. The van der Waals surface area contributed by atoms with Crippen LogP contribution in [0.1, 0.15) is 36.5 Å². The second-order valence-electron chi connectivity index (χ2n) is 5.28. The quantitative estimate of drug-likeness (QED) is 0.922. The van der Waals surface area contributed by atoms with Crippen molar-refractivity contribution in [3.05, 3.63) is 34.6 Å². The zero-order valence-corrected chi connectivity index (χ0v) is 12.7. The van der Waals surface area contributed by atoms with Gasteiger partial charge in [-0.05, 0) is 26.8 Å². The van der Waals surface area contributed by atoms with Gasteiger partial charge in [0.05, 0.1) is 11.8 Å². The molecule has 2 rings (SSSR count). The van der Waals surface area contributed by atoms with Gasteiger partial charge in [0, 0.05) is 23.3 Å². The third-order valence-electron chi connectivity index (χ3n) is 3.38. The zero-order valence-electron chi connectivity index (χ0n) is 11.8. The molecule has 1 aromatic heterocycles. The molecule has 6 heteroatoms. The van der Waals surface area contributed by atoms with Crippen molar-refractivity contribution in [2.75, 3.05) is 5.75 Å². The lowest BCUT2D eigenvalue weighted by atomic mass is 10.1. The van der Waals surface area contributed by atoms with Crippen molar-refractivity contribution in [2.45, 2.75) is 33.2 Å². The molecule has 1 amide bonds. The van der Waals surface area contributed by atoms with E-state index in [0.717, 1.165) is 17.1 Å². The third kappa shape index (κ3) is 3.50. The Balaban J connectivity index is 1.92. The number of hydrogen-bond acceptors (Lipinski definition) is 4. The molecule has 0 unspecified atom stereocenters. The highest BCUT2D eigenvalue weighted by Crippen LogP contribution is 2.22. The molecule has 0 bridgehead atoms. The van der Waals surface area contributed by atoms with E-state index in [1.807, 2.05) is 26.8 Å². The summed E-state index contributed by atoms with van der Waals surface area (Å²) < 4.78 is 28.0. The molecular formula is C14H19NO4S. The predicted molar refractivity (Wildman–Crippen MR) is 75.8 cm³/mol. The molecule has 2 atom stereocenters. The number of sulfone groups is 1. The van der Waals surface area contributed by atoms with Crippen molar-refractivity contribution >= 4 is 15.7 Å².